The zero-order valence-corrected chi connectivity index (χ0v) is 14.9. The fourth-order valence-corrected chi connectivity index (χ4v) is 2.83. The molecule has 0 unspecified atom stereocenters. The average Bonchev–Trinajstić information content (AvgIpc) is 2.99. The number of carbonyl (C=O) groups excluding carboxylic acids is 2. The van der Waals surface area contributed by atoms with Crippen molar-refractivity contribution in [3.63, 3.8) is 0 Å². The highest BCUT2D eigenvalue weighted by Gasteiger charge is 2.21. The second kappa shape index (κ2) is 11.0. The number of nitrogens with two attached hydrogens (primary N) is 1. The van der Waals surface area contributed by atoms with Crippen LogP contribution in [0.4, 0.5) is 5.69 Å². The molecule has 1 fully saturated rings. The molecule has 3 N–H and O–H groups in total. The van der Waals surface area contributed by atoms with Crippen molar-refractivity contribution in [1.29, 1.82) is 0 Å². The summed E-state index contributed by atoms with van der Waals surface area (Å²) in [5, 5.41) is 2.95. The van der Waals surface area contributed by atoms with E-state index in [0.717, 1.165) is 56.4 Å². The van der Waals surface area contributed by atoms with Gasteiger partial charge in [-0.2, -0.15) is 0 Å². The summed E-state index contributed by atoms with van der Waals surface area (Å²) >= 11 is 0. The van der Waals surface area contributed by atoms with Crippen molar-refractivity contribution in [1.82, 2.24) is 5.32 Å². The van der Waals surface area contributed by atoms with E-state index >= 15 is 0 Å². The largest absolute Gasteiger partial charge is 0.352 e. The maximum Gasteiger partial charge on any atom is 0.227 e. The number of amides is 2. The van der Waals surface area contributed by atoms with Gasteiger partial charge in [0.1, 0.15) is 0 Å². The molecular formula is C18H28ClN3O2. The molecule has 1 aliphatic heterocycles. The molecule has 1 saturated heterocycles. The highest BCUT2D eigenvalue weighted by Crippen LogP contribution is 2.22. The number of nitrogens with zero attached hydrogens (tertiary/aromatic N) is 1. The van der Waals surface area contributed by atoms with E-state index in [1.807, 2.05) is 29.2 Å². The third-order valence-electron chi connectivity index (χ3n) is 4.14. The maximum atomic E-state index is 11.8. The van der Waals surface area contributed by atoms with Gasteiger partial charge in [0.2, 0.25) is 11.8 Å². The average molecular weight is 354 g/mol. The molecule has 2 amide bonds. The minimum Gasteiger partial charge on any atom is -0.352 e. The number of nitrogens with one attached hydrogen (secondary N) is 1. The van der Waals surface area contributed by atoms with Gasteiger partial charge in [0.05, 0.1) is 0 Å². The number of hydrogen-bond acceptors (Lipinski definition) is 3. The van der Waals surface area contributed by atoms with Crippen LogP contribution >= 0.6 is 12.4 Å². The lowest BCUT2D eigenvalue weighted by Crippen LogP contribution is -2.25. The van der Waals surface area contributed by atoms with Gasteiger partial charge in [-0.15, -0.1) is 12.4 Å². The van der Waals surface area contributed by atoms with E-state index in [-0.39, 0.29) is 24.2 Å². The number of hydrogen-bond donors (Lipinski definition) is 2. The Morgan fingerprint density at radius 2 is 2.00 bits per heavy atom. The topological polar surface area (TPSA) is 75.4 Å². The summed E-state index contributed by atoms with van der Waals surface area (Å²) in [5.74, 6) is 0.268. The van der Waals surface area contributed by atoms with E-state index in [0.29, 0.717) is 19.4 Å². The summed E-state index contributed by atoms with van der Waals surface area (Å²) in [7, 11) is 0. The third kappa shape index (κ3) is 6.49. The van der Waals surface area contributed by atoms with Crippen LogP contribution in [0, 0.1) is 0 Å². The number of carbonyl (C=O) groups is 2. The van der Waals surface area contributed by atoms with Crippen molar-refractivity contribution in [2.75, 3.05) is 18.0 Å². The van der Waals surface area contributed by atoms with Gasteiger partial charge in [-0.05, 0) is 43.5 Å². The molecule has 134 valence electrons. The highest BCUT2D eigenvalue weighted by atomic mass is 35.5. The fourth-order valence-electron chi connectivity index (χ4n) is 2.83. The van der Waals surface area contributed by atoms with Crippen molar-refractivity contribution in [2.45, 2.75) is 51.5 Å². The standard InChI is InChI=1S/C18H27N3O2.ClH/c19-11-4-2-1-3-9-17(22)20-14-15-7-5-8-16(13-15)21-12-6-10-18(21)23;/h5,7-8,13H,1-4,6,9-12,14,19H2,(H,20,22);1H. The van der Waals surface area contributed by atoms with Crippen LogP contribution in [0.5, 0.6) is 0 Å². The van der Waals surface area contributed by atoms with Crippen molar-refractivity contribution in [3.8, 4) is 0 Å². The van der Waals surface area contributed by atoms with Gasteiger partial charge >= 0.3 is 0 Å². The van der Waals surface area contributed by atoms with E-state index in [4.69, 9.17) is 5.73 Å². The van der Waals surface area contributed by atoms with Crippen molar-refractivity contribution < 1.29 is 9.59 Å². The molecule has 24 heavy (non-hydrogen) atoms. The van der Waals surface area contributed by atoms with Gasteiger partial charge in [-0.1, -0.05) is 25.0 Å². The van der Waals surface area contributed by atoms with Crippen LogP contribution in [0.15, 0.2) is 24.3 Å². The molecule has 1 heterocycles. The lowest BCUT2D eigenvalue weighted by Gasteiger charge is -2.16. The van der Waals surface area contributed by atoms with Gasteiger partial charge in [-0.25, -0.2) is 0 Å². The number of benzene rings is 1. The molecule has 0 saturated carbocycles. The number of rotatable bonds is 9. The van der Waals surface area contributed by atoms with Crippen molar-refractivity contribution in [2.24, 2.45) is 5.73 Å². The van der Waals surface area contributed by atoms with Gasteiger partial charge in [0.25, 0.3) is 0 Å². The normalized spacial score (nSPS) is 13.7. The van der Waals surface area contributed by atoms with Gasteiger partial charge < -0.3 is 16.0 Å². The first kappa shape index (κ1) is 20.5. The maximum absolute atomic E-state index is 11.8. The molecular weight excluding hydrogens is 326 g/mol. The third-order valence-corrected chi connectivity index (χ3v) is 4.14. The van der Waals surface area contributed by atoms with Crippen LogP contribution in [-0.4, -0.2) is 24.9 Å². The minimum absolute atomic E-state index is 0. The van der Waals surface area contributed by atoms with E-state index in [9.17, 15) is 9.59 Å². The fraction of sp³-hybridized carbons (Fsp3) is 0.556. The zero-order valence-electron chi connectivity index (χ0n) is 14.1. The number of halogens is 1. The van der Waals surface area contributed by atoms with E-state index in [2.05, 4.69) is 5.32 Å². The Labute approximate surface area is 150 Å². The summed E-state index contributed by atoms with van der Waals surface area (Å²) < 4.78 is 0. The summed E-state index contributed by atoms with van der Waals surface area (Å²) in [6, 6.07) is 7.86. The second-order valence-corrected chi connectivity index (χ2v) is 6.05. The Morgan fingerprint density at radius 1 is 1.21 bits per heavy atom. The minimum atomic E-state index is 0. The molecule has 1 aromatic carbocycles. The molecule has 0 aromatic heterocycles. The first-order valence-corrected chi connectivity index (χ1v) is 8.57. The van der Waals surface area contributed by atoms with Gasteiger partial charge in [-0.3, -0.25) is 9.59 Å². The van der Waals surface area contributed by atoms with Crippen LogP contribution in [-0.2, 0) is 16.1 Å². The number of anilines is 1. The lowest BCUT2D eigenvalue weighted by atomic mass is 10.1. The molecule has 6 heteroatoms. The van der Waals surface area contributed by atoms with Crippen LogP contribution in [0.1, 0.15) is 50.5 Å². The first-order valence-electron chi connectivity index (χ1n) is 8.57. The number of unbranched alkanes of at least 4 members (excludes halogenated alkanes) is 3. The molecule has 5 nitrogen and oxygen atoms in total. The summed E-state index contributed by atoms with van der Waals surface area (Å²) in [6.45, 7) is 2.02. The van der Waals surface area contributed by atoms with Crippen LogP contribution in [0.25, 0.3) is 0 Å². The van der Waals surface area contributed by atoms with Crippen molar-refractivity contribution >= 4 is 29.9 Å². The summed E-state index contributed by atoms with van der Waals surface area (Å²) in [5.41, 5.74) is 7.40. The predicted octanol–water partition coefficient (Wildman–Crippen LogP) is 2.76. The van der Waals surface area contributed by atoms with Gasteiger partial charge in [0.15, 0.2) is 0 Å². The summed E-state index contributed by atoms with van der Waals surface area (Å²) in [6.07, 6.45) is 6.20. The van der Waals surface area contributed by atoms with E-state index in [1.54, 1.807) is 0 Å². The Balaban J connectivity index is 0.00000288. The molecule has 0 atom stereocenters. The van der Waals surface area contributed by atoms with E-state index in [1.165, 1.54) is 0 Å². The zero-order chi connectivity index (χ0) is 16.5. The molecule has 0 spiro atoms. The summed E-state index contributed by atoms with van der Waals surface area (Å²) in [4.78, 5) is 25.5. The van der Waals surface area contributed by atoms with Gasteiger partial charge in [0, 0.05) is 31.6 Å². The Kier molecular flexibility index (Phi) is 9.42. The monoisotopic (exact) mass is 353 g/mol. The van der Waals surface area contributed by atoms with Crippen LogP contribution < -0.4 is 16.0 Å². The van der Waals surface area contributed by atoms with Crippen LogP contribution in [0.2, 0.25) is 0 Å². The van der Waals surface area contributed by atoms with Crippen molar-refractivity contribution in [3.05, 3.63) is 29.8 Å². The Bertz CT molecular complexity index is 537. The SMILES string of the molecule is Cl.NCCCCCCC(=O)NCc1cccc(N2CCCC2=O)c1. The molecule has 1 aliphatic rings. The van der Waals surface area contributed by atoms with E-state index < -0.39 is 0 Å². The lowest BCUT2D eigenvalue weighted by molar-refractivity contribution is -0.121. The molecule has 0 radical (unpaired) electrons. The smallest absolute Gasteiger partial charge is 0.227 e. The Hall–Kier alpha value is -1.59. The molecule has 1 aromatic rings. The molecule has 0 bridgehead atoms. The Morgan fingerprint density at radius 3 is 2.71 bits per heavy atom. The quantitative estimate of drug-likeness (QED) is 0.670. The molecule has 0 aliphatic carbocycles. The van der Waals surface area contributed by atoms with Crippen LogP contribution in [0.3, 0.4) is 0 Å². The second-order valence-electron chi connectivity index (χ2n) is 6.05. The highest BCUT2D eigenvalue weighted by molar-refractivity contribution is 5.95. The first-order chi connectivity index (χ1) is 11.2. The predicted molar refractivity (Wildman–Crippen MR) is 99.3 cm³/mol. The molecule has 2 rings (SSSR count).